The van der Waals surface area contributed by atoms with Crippen molar-refractivity contribution in [2.24, 2.45) is 11.7 Å². The molecule has 2 amide bonds. The topological polar surface area (TPSA) is 135 Å². The van der Waals surface area contributed by atoms with Crippen molar-refractivity contribution in [3.8, 4) is 16.9 Å². The highest BCUT2D eigenvalue weighted by Crippen LogP contribution is 2.29. The molecule has 2 atom stereocenters. The molecule has 1 aliphatic heterocycles. The molecule has 4 N–H and O–H groups in total. The van der Waals surface area contributed by atoms with Gasteiger partial charge in [-0.3, -0.25) is 19.8 Å². The first-order valence-corrected chi connectivity index (χ1v) is 11.1. The van der Waals surface area contributed by atoms with Gasteiger partial charge in [-0.05, 0) is 36.6 Å². The summed E-state index contributed by atoms with van der Waals surface area (Å²) in [4.78, 5) is 38.2. The molecule has 1 heterocycles. The first kappa shape index (κ1) is 27.7. The van der Waals surface area contributed by atoms with Gasteiger partial charge in [0, 0.05) is 12.1 Å². The maximum absolute atomic E-state index is 12.8. The highest BCUT2D eigenvalue weighted by atomic mass is 35.5. The lowest BCUT2D eigenvalue weighted by Crippen LogP contribution is -2.44. The second-order valence-electron chi connectivity index (χ2n) is 8.11. The number of methoxy groups -OCH3 is 1. The smallest absolute Gasteiger partial charge is 0.306 e. The van der Waals surface area contributed by atoms with E-state index in [0.29, 0.717) is 24.3 Å². The fourth-order valence-electron chi connectivity index (χ4n) is 3.98. The summed E-state index contributed by atoms with van der Waals surface area (Å²) in [6.45, 7) is 2.41. The van der Waals surface area contributed by atoms with E-state index >= 15 is 0 Å². The van der Waals surface area contributed by atoms with Crippen molar-refractivity contribution < 1.29 is 23.9 Å². The molecule has 0 spiro atoms. The number of nitrogens with zero attached hydrogens (tertiary/aromatic N) is 1. The normalized spacial score (nSPS) is 16.9. The van der Waals surface area contributed by atoms with Crippen LogP contribution in [0.5, 0.6) is 5.75 Å². The molecule has 10 heteroatoms. The van der Waals surface area contributed by atoms with Crippen LogP contribution in [0.2, 0.25) is 0 Å². The van der Waals surface area contributed by atoms with Crippen molar-refractivity contribution >= 4 is 36.0 Å². The third-order valence-electron chi connectivity index (χ3n) is 5.78. The summed E-state index contributed by atoms with van der Waals surface area (Å²) in [5.41, 5.74) is 8.13. The van der Waals surface area contributed by atoms with E-state index in [1.807, 2.05) is 43.3 Å². The number of likely N-dealkylation sites (tertiary alicyclic amines) is 1. The number of nitrogens with two attached hydrogens (primary N) is 1. The van der Waals surface area contributed by atoms with Gasteiger partial charge >= 0.3 is 5.97 Å². The van der Waals surface area contributed by atoms with Gasteiger partial charge in [0.25, 0.3) is 0 Å². The number of carbonyl (C=O) groups excluding carboxylic acids is 3. The SMILES string of the molecule is CCNC(=O)CN1C(=O)[C@H](CC(=O)OC)C[C@H]1COc1ccc(-c2ccc(C(=N)N)cc2)cc1.Cl. The number of esters is 1. The van der Waals surface area contributed by atoms with Crippen LogP contribution in [0.4, 0.5) is 0 Å². The Bertz CT molecular complexity index is 1040. The monoisotopic (exact) mass is 502 g/mol. The molecule has 0 bridgehead atoms. The predicted octanol–water partition coefficient (Wildman–Crippen LogP) is 2.35. The second-order valence-corrected chi connectivity index (χ2v) is 8.11. The lowest BCUT2D eigenvalue weighted by Gasteiger charge is -2.24. The maximum Gasteiger partial charge on any atom is 0.306 e. The van der Waals surface area contributed by atoms with E-state index < -0.39 is 11.9 Å². The molecule has 0 aliphatic carbocycles. The van der Waals surface area contributed by atoms with Crippen molar-refractivity contribution in [1.29, 1.82) is 5.41 Å². The Hall–Kier alpha value is -3.59. The third-order valence-corrected chi connectivity index (χ3v) is 5.78. The van der Waals surface area contributed by atoms with Crippen molar-refractivity contribution in [2.45, 2.75) is 25.8 Å². The first-order valence-electron chi connectivity index (χ1n) is 11.1. The van der Waals surface area contributed by atoms with Crippen LogP contribution < -0.4 is 15.8 Å². The zero-order chi connectivity index (χ0) is 24.7. The Morgan fingerprint density at radius 1 is 1.11 bits per heavy atom. The Kier molecular flexibility index (Phi) is 10.1. The van der Waals surface area contributed by atoms with Gasteiger partial charge in [-0.2, -0.15) is 0 Å². The van der Waals surface area contributed by atoms with E-state index in [-0.39, 0.29) is 55.7 Å². The van der Waals surface area contributed by atoms with Gasteiger partial charge in [0.15, 0.2) is 0 Å². The van der Waals surface area contributed by atoms with Crippen LogP contribution in [0.3, 0.4) is 0 Å². The van der Waals surface area contributed by atoms with E-state index in [2.05, 4.69) is 5.32 Å². The zero-order valence-corrected chi connectivity index (χ0v) is 20.6. The van der Waals surface area contributed by atoms with Crippen LogP contribution in [-0.4, -0.2) is 61.4 Å². The molecule has 1 saturated heterocycles. The van der Waals surface area contributed by atoms with Gasteiger partial charge < -0.3 is 25.4 Å². The Morgan fingerprint density at radius 2 is 1.71 bits per heavy atom. The summed E-state index contributed by atoms with van der Waals surface area (Å²) < 4.78 is 10.7. The fraction of sp³-hybridized carbons (Fsp3) is 0.360. The van der Waals surface area contributed by atoms with Gasteiger partial charge in [0.1, 0.15) is 18.2 Å². The van der Waals surface area contributed by atoms with Gasteiger partial charge in [0.05, 0.1) is 32.0 Å². The molecule has 9 nitrogen and oxygen atoms in total. The minimum absolute atomic E-state index is 0. The minimum Gasteiger partial charge on any atom is -0.491 e. The maximum atomic E-state index is 12.8. The number of benzene rings is 2. The highest BCUT2D eigenvalue weighted by molar-refractivity contribution is 5.95. The van der Waals surface area contributed by atoms with Crippen LogP contribution in [0.25, 0.3) is 11.1 Å². The van der Waals surface area contributed by atoms with Gasteiger partial charge in [-0.25, -0.2) is 0 Å². The standard InChI is InChI=1S/C25H30N4O5.ClH/c1-3-28-22(30)14-29-20(12-19(25(29)32)13-23(31)33-2)15-34-21-10-8-17(9-11-21)16-4-6-18(7-5-16)24(26)27;/h4-11,19-20H,3,12-15H2,1-2H3,(H3,26,27)(H,28,30);1H/t19-,20-;/m0./s1. The first-order chi connectivity index (χ1) is 16.3. The average Bonchev–Trinajstić information content (AvgIpc) is 3.12. The lowest BCUT2D eigenvalue weighted by atomic mass is 10.0. The molecule has 0 unspecified atom stereocenters. The Morgan fingerprint density at radius 3 is 2.26 bits per heavy atom. The molecule has 2 aromatic carbocycles. The van der Waals surface area contributed by atoms with E-state index in [0.717, 1.165) is 11.1 Å². The number of amidine groups is 1. The number of hydrogen-bond acceptors (Lipinski definition) is 6. The molecule has 188 valence electrons. The molecule has 0 radical (unpaired) electrons. The van der Waals surface area contributed by atoms with E-state index in [9.17, 15) is 14.4 Å². The summed E-state index contributed by atoms with van der Waals surface area (Å²) in [5, 5.41) is 10.2. The molecular formula is C25H31ClN4O5. The molecule has 35 heavy (non-hydrogen) atoms. The summed E-state index contributed by atoms with van der Waals surface area (Å²) in [7, 11) is 1.29. The van der Waals surface area contributed by atoms with E-state index in [1.54, 1.807) is 12.1 Å². The van der Waals surface area contributed by atoms with Crippen LogP contribution in [0.15, 0.2) is 48.5 Å². The van der Waals surface area contributed by atoms with Crippen LogP contribution in [0.1, 0.15) is 25.3 Å². The fourth-order valence-corrected chi connectivity index (χ4v) is 3.98. The zero-order valence-electron chi connectivity index (χ0n) is 19.8. The number of amides is 2. The molecule has 1 aliphatic rings. The van der Waals surface area contributed by atoms with Crippen LogP contribution in [0, 0.1) is 11.3 Å². The molecule has 0 saturated carbocycles. The van der Waals surface area contributed by atoms with Crippen molar-refractivity contribution in [2.75, 3.05) is 26.8 Å². The molecule has 1 fully saturated rings. The van der Waals surface area contributed by atoms with Gasteiger partial charge in [0.2, 0.25) is 11.8 Å². The molecule has 3 rings (SSSR count). The van der Waals surface area contributed by atoms with E-state index in [4.69, 9.17) is 20.6 Å². The second kappa shape index (κ2) is 12.8. The molecule has 2 aromatic rings. The number of likely N-dealkylation sites (N-methyl/N-ethyl adjacent to an activating group) is 1. The number of ether oxygens (including phenoxy) is 2. The predicted molar refractivity (Wildman–Crippen MR) is 135 cm³/mol. The number of carbonyl (C=O) groups is 3. The largest absolute Gasteiger partial charge is 0.491 e. The number of nitrogens with one attached hydrogen (secondary N) is 2. The summed E-state index contributed by atoms with van der Waals surface area (Å²) in [6.07, 6.45) is 0.392. The molecule has 0 aromatic heterocycles. The Labute approximate surface area is 210 Å². The quantitative estimate of drug-likeness (QED) is 0.259. The summed E-state index contributed by atoms with van der Waals surface area (Å²) in [6, 6.07) is 14.6. The van der Waals surface area contributed by atoms with Crippen molar-refractivity contribution in [1.82, 2.24) is 10.2 Å². The van der Waals surface area contributed by atoms with E-state index in [1.165, 1.54) is 12.0 Å². The highest BCUT2D eigenvalue weighted by Gasteiger charge is 2.41. The Balaban J connectivity index is 0.00000432. The van der Waals surface area contributed by atoms with Crippen molar-refractivity contribution in [3.63, 3.8) is 0 Å². The number of nitrogen functional groups attached to an aromatic ring is 1. The minimum atomic E-state index is -0.532. The summed E-state index contributed by atoms with van der Waals surface area (Å²) in [5.74, 6) is -0.823. The third kappa shape index (κ3) is 7.19. The van der Waals surface area contributed by atoms with Crippen molar-refractivity contribution in [3.05, 3.63) is 54.1 Å². The van der Waals surface area contributed by atoms with Gasteiger partial charge in [-0.1, -0.05) is 36.4 Å². The van der Waals surface area contributed by atoms with Gasteiger partial charge in [-0.15, -0.1) is 12.4 Å². The summed E-state index contributed by atoms with van der Waals surface area (Å²) >= 11 is 0. The average molecular weight is 503 g/mol. The number of hydrogen-bond donors (Lipinski definition) is 3. The number of halogens is 1. The van der Waals surface area contributed by atoms with Crippen LogP contribution >= 0.6 is 12.4 Å². The number of rotatable bonds is 10. The van der Waals surface area contributed by atoms with Crippen LogP contribution in [-0.2, 0) is 19.1 Å². The lowest BCUT2D eigenvalue weighted by molar-refractivity contribution is -0.145. The molecular weight excluding hydrogens is 472 g/mol.